The summed E-state index contributed by atoms with van der Waals surface area (Å²) in [5, 5.41) is 0. The predicted molar refractivity (Wildman–Crippen MR) is 57.4 cm³/mol. The van der Waals surface area contributed by atoms with Crippen LogP contribution in [-0.4, -0.2) is 19.9 Å². The molecule has 0 aliphatic heterocycles. The minimum absolute atomic E-state index is 0.277. The summed E-state index contributed by atoms with van der Waals surface area (Å²) in [7, 11) is 0. The lowest BCUT2D eigenvalue weighted by Crippen LogP contribution is -2.16. The van der Waals surface area contributed by atoms with Gasteiger partial charge in [0, 0.05) is 12.4 Å². The fourth-order valence-electron chi connectivity index (χ4n) is 1.20. The highest BCUT2D eigenvalue weighted by molar-refractivity contribution is 5.70. The van der Waals surface area contributed by atoms with Crippen molar-refractivity contribution in [2.45, 2.75) is 0 Å². The minimum Gasteiger partial charge on any atom is -0.339 e. The third-order valence-corrected chi connectivity index (χ3v) is 1.92. The van der Waals surface area contributed by atoms with Crippen LogP contribution in [0.1, 0.15) is 0 Å². The molecule has 0 fully saturated rings. The molecule has 0 unspecified atom stereocenters. The zero-order valence-corrected chi connectivity index (χ0v) is 7.90. The number of rotatable bonds is 3. The van der Waals surface area contributed by atoms with E-state index in [4.69, 9.17) is 0 Å². The lowest BCUT2D eigenvalue weighted by Gasteiger charge is -2.11. The number of H-pyrrole nitrogens is 2. The lowest BCUT2D eigenvalue weighted by atomic mass is 10.5. The normalized spacial score (nSPS) is 10.1. The van der Waals surface area contributed by atoms with Gasteiger partial charge < -0.3 is 4.98 Å². The van der Waals surface area contributed by atoms with Crippen LogP contribution in [0, 0.1) is 0 Å². The zero-order chi connectivity index (χ0) is 10.8. The third-order valence-electron chi connectivity index (χ3n) is 1.92. The Bertz CT molecular complexity index is 559. The Kier molecular flexibility index (Phi) is 2.09. The van der Waals surface area contributed by atoms with E-state index in [9.17, 15) is 4.79 Å². The molecule has 2 heterocycles. The molecule has 76 valence electrons. The summed E-state index contributed by atoms with van der Waals surface area (Å²) in [5.74, 6) is 0.338. The lowest BCUT2D eigenvalue weighted by molar-refractivity contribution is 1.07. The van der Waals surface area contributed by atoms with Gasteiger partial charge in [0.1, 0.15) is 0 Å². The van der Waals surface area contributed by atoms with Crippen molar-refractivity contribution in [2.75, 3.05) is 4.90 Å². The van der Waals surface area contributed by atoms with Crippen molar-refractivity contribution in [1.82, 2.24) is 19.9 Å². The Morgan fingerprint density at radius 2 is 2.13 bits per heavy atom. The first-order valence-electron chi connectivity index (χ1n) is 4.23. The van der Waals surface area contributed by atoms with Crippen LogP contribution < -0.4 is 10.5 Å². The molecular weight excluding hydrogens is 194 g/mol. The standard InChI is InChI=1S/C9H9N5O/c1-3-14(4-2)9-12-7-6(8(15)13-9)10-5-11-7/h3-5H,1-2H2,(H2,10,11,12,13,15). The summed E-state index contributed by atoms with van der Waals surface area (Å²) in [5.41, 5.74) is 0.440. The van der Waals surface area contributed by atoms with Crippen molar-refractivity contribution in [1.29, 1.82) is 0 Å². The number of fused-ring (bicyclic) bond motifs is 1. The zero-order valence-electron chi connectivity index (χ0n) is 7.90. The molecule has 0 radical (unpaired) electrons. The number of hydrogen-bond donors (Lipinski definition) is 2. The highest BCUT2D eigenvalue weighted by atomic mass is 16.1. The molecule has 0 bridgehead atoms. The molecule has 2 rings (SSSR count). The maximum atomic E-state index is 11.5. The molecule has 0 saturated carbocycles. The molecule has 0 spiro atoms. The van der Waals surface area contributed by atoms with Gasteiger partial charge in [0.05, 0.1) is 6.33 Å². The van der Waals surface area contributed by atoms with E-state index in [-0.39, 0.29) is 5.56 Å². The largest absolute Gasteiger partial charge is 0.339 e. The average Bonchev–Trinajstić information content (AvgIpc) is 2.68. The van der Waals surface area contributed by atoms with Crippen LogP contribution in [0.3, 0.4) is 0 Å². The van der Waals surface area contributed by atoms with Crippen molar-refractivity contribution < 1.29 is 0 Å². The molecular formula is C9H9N5O. The van der Waals surface area contributed by atoms with Gasteiger partial charge in [-0.2, -0.15) is 4.98 Å². The van der Waals surface area contributed by atoms with Gasteiger partial charge in [-0.1, -0.05) is 13.2 Å². The number of aromatic nitrogens is 4. The number of hydrogen-bond acceptors (Lipinski definition) is 4. The molecule has 0 atom stereocenters. The minimum atomic E-state index is -0.277. The molecule has 2 N–H and O–H groups in total. The van der Waals surface area contributed by atoms with Gasteiger partial charge in [0.25, 0.3) is 5.56 Å². The molecule has 6 nitrogen and oxygen atoms in total. The first kappa shape index (κ1) is 9.20. The van der Waals surface area contributed by atoms with Gasteiger partial charge in [-0.15, -0.1) is 0 Å². The van der Waals surface area contributed by atoms with Crippen LogP contribution in [0.2, 0.25) is 0 Å². The van der Waals surface area contributed by atoms with Gasteiger partial charge >= 0.3 is 0 Å². The van der Waals surface area contributed by atoms with Gasteiger partial charge in [-0.3, -0.25) is 14.7 Å². The van der Waals surface area contributed by atoms with Crippen molar-refractivity contribution in [2.24, 2.45) is 0 Å². The van der Waals surface area contributed by atoms with Crippen LogP contribution in [0.25, 0.3) is 11.2 Å². The summed E-state index contributed by atoms with van der Waals surface area (Å²) in [6.45, 7) is 7.14. The Labute approximate surface area is 85.0 Å². The Hall–Kier alpha value is -2.37. The van der Waals surface area contributed by atoms with Crippen molar-refractivity contribution >= 4 is 17.1 Å². The third kappa shape index (κ3) is 1.41. The predicted octanol–water partition coefficient (Wildman–Crippen LogP) is 0.740. The second kappa shape index (κ2) is 3.41. The van der Waals surface area contributed by atoms with Crippen LogP contribution in [0.4, 0.5) is 5.95 Å². The summed E-state index contributed by atoms with van der Waals surface area (Å²) in [4.78, 5) is 26.3. The summed E-state index contributed by atoms with van der Waals surface area (Å²) in [6.07, 6.45) is 4.40. The molecule has 0 aliphatic rings. The highest BCUT2D eigenvalue weighted by Crippen LogP contribution is 2.08. The van der Waals surface area contributed by atoms with Gasteiger partial charge in [-0.25, -0.2) is 4.98 Å². The van der Waals surface area contributed by atoms with E-state index in [1.807, 2.05) is 0 Å². The molecule has 2 aromatic heterocycles. The van der Waals surface area contributed by atoms with E-state index in [0.29, 0.717) is 17.1 Å². The fraction of sp³-hybridized carbons (Fsp3) is 0. The Morgan fingerprint density at radius 1 is 1.40 bits per heavy atom. The van der Waals surface area contributed by atoms with E-state index in [2.05, 4.69) is 33.1 Å². The van der Waals surface area contributed by atoms with Gasteiger partial charge in [-0.05, 0) is 0 Å². The van der Waals surface area contributed by atoms with Crippen molar-refractivity contribution in [3.05, 3.63) is 42.2 Å². The maximum Gasteiger partial charge on any atom is 0.278 e. The summed E-state index contributed by atoms with van der Waals surface area (Å²) < 4.78 is 0. The quantitative estimate of drug-likeness (QED) is 0.771. The molecule has 2 aromatic rings. The summed E-state index contributed by atoms with van der Waals surface area (Å²) in [6, 6.07) is 0. The average molecular weight is 203 g/mol. The molecule has 0 amide bonds. The second-order valence-corrected chi connectivity index (χ2v) is 2.76. The molecule has 0 aliphatic carbocycles. The number of nitrogens with one attached hydrogen (secondary N) is 2. The first-order valence-corrected chi connectivity index (χ1v) is 4.23. The number of aromatic amines is 2. The van der Waals surface area contributed by atoms with Crippen LogP contribution in [-0.2, 0) is 0 Å². The van der Waals surface area contributed by atoms with E-state index >= 15 is 0 Å². The van der Waals surface area contributed by atoms with Crippen molar-refractivity contribution in [3.63, 3.8) is 0 Å². The number of imidazole rings is 1. The van der Waals surface area contributed by atoms with Gasteiger partial charge in [0.2, 0.25) is 5.95 Å². The smallest absolute Gasteiger partial charge is 0.278 e. The van der Waals surface area contributed by atoms with E-state index in [0.717, 1.165) is 0 Å². The topological polar surface area (TPSA) is 77.7 Å². The molecule has 15 heavy (non-hydrogen) atoms. The van der Waals surface area contributed by atoms with Crippen LogP contribution >= 0.6 is 0 Å². The second-order valence-electron chi connectivity index (χ2n) is 2.76. The van der Waals surface area contributed by atoms with Crippen molar-refractivity contribution in [3.8, 4) is 0 Å². The summed E-state index contributed by atoms with van der Waals surface area (Å²) >= 11 is 0. The molecule has 6 heteroatoms. The SMILES string of the molecule is C=CN(C=C)c1nc2nc[nH]c2c(=O)[nH]1. The number of nitrogens with zero attached hydrogens (tertiary/aromatic N) is 3. The Morgan fingerprint density at radius 3 is 2.80 bits per heavy atom. The van der Waals surface area contributed by atoms with E-state index in [1.165, 1.54) is 23.6 Å². The maximum absolute atomic E-state index is 11.5. The van der Waals surface area contributed by atoms with E-state index in [1.54, 1.807) is 0 Å². The fourth-order valence-corrected chi connectivity index (χ4v) is 1.20. The van der Waals surface area contributed by atoms with Crippen LogP contribution in [0.15, 0.2) is 36.7 Å². The molecule has 0 saturated heterocycles. The van der Waals surface area contributed by atoms with E-state index < -0.39 is 0 Å². The number of anilines is 1. The first-order chi connectivity index (χ1) is 7.26. The Balaban J connectivity index is 2.67. The van der Waals surface area contributed by atoms with Gasteiger partial charge in [0.15, 0.2) is 11.2 Å². The molecule has 0 aromatic carbocycles. The monoisotopic (exact) mass is 203 g/mol. The van der Waals surface area contributed by atoms with Crippen LogP contribution in [0.5, 0.6) is 0 Å². The highest BCUT2D eigenvalue weighted by Gasteiger charge is 2.07.